The maximum atomic E-state index is 4.22. The molecule has 0 bridgehead atoms. The first kappa shape index (κ1) is 14.1. The Labute approximate surface area is 95.6 Å². The molecule has 0 aliphatic carbocycles. The Morgan fingerprint density at radius 1 is 1.21 bits per heavy atom. The molecular weight excluding hydrogens is 188 g/mol. The third-order valence-corrected chi connectivity index (χ3v) is 3.55. The summed E-state index contributed by atoms with van der Waals surface area (Å²) in [5, 5.41) is 0. The van der Waals surface area contributed by atoms with Gasteiger partial charge in [0.2, 0.25) is 0 Å². The first-order chi connectivity index (χ1) is 6.61. The van der Waals surface area contributed by atoms with Crippen LogP contribution in [0.3, 0.4) is 0 Å². The van der Waals surface area contributed by atoms with Crippen molar-refractivity contribution in [1.29, 1.82) is 0 Å². The van der Waals surface area contributed by atoms with E-state index < -0.39 is 0 Å². The molecule has 0 rings (SSSR count). The largest absolute Gasteiger partial charge is 0.175 e. The van der Waals surface area contributed by atoms with Gasteiger partial charge < -0.3 is 0 Å². The van der Waals surface area contributed by atoms with Crippen molar-refractivity contribution in [3.05, 3.63) is 12.2 Å². The number of hydrogen-bond donors (Lipinski definition) is 1. The lowest BCUT2D eigenvalue weighted by atomic mass is 9.77. The minimum atomic E-state index is 0.388. The molecule has 0 saturated carbocycles. The van der Waals surface area contributed by atoms with Crippen LogP contribution in [0.1, 0.15) is 53.4 Å². The molecule has 0 radical (unpaired) electrons. The van der Waals surface area contributed by atoms with E-state index in [9.17, 15) is 0 Å². The molecule has 14 heavy (non-hydrogen) atoms. The van der Waals surface area contributed by atoms with Crippen LogP contribution < -0.4 is 0 Å². The van der Waals surface area contributed by atoms with Crippen LogP contribution in [0.15, 0.2) is 12.2 Å². The summed E-state index contributed by atoms with van der Waals surface area (Å²) in [4.78, 5) is 0. The molecule has 0 N–H and O–H groups in total. The van der Waals surface area contributed by atoms with Crippen LogP contribution in [0.5, 0.6) is 0 Å². The molecule has 0 aromatic rings. The summed E-state index contributed by atoms with van der Waals surface area (Å²) in [6.45, 7) is 9.25. The summed E-state index contributed by atoms with van der Waals surface area (Å²) in [6, 6.07) is 0. The molecule has 0 nitrogen and oxygen atoms in total. The van der Waals surface area contributed by atoms with Crippen LogP contribution in [0.2, 0.25) is 0 Å². The fraction of sp³-hybridized carbons (Fsp3) is 0.846. The Morgan fingerprint density at radius 3 is 2.14 bits per heavy atom. The number of hydrogen-bond acceptors (Lipinski definition) is 1. The van der Waals surface area contributed by atoms with Crippen molar-refractivity contribution in [2.75, 3.05) is 5.75 Å². The highest BCUT2D eigenvalue weighted by Crippen LogP contribution is 2.33. The number of allylic oxidation sites excluding steroid dienone is 1. The molecule has 1 atom stereocenters. The molecule has 1 unspecified atom stereocenters. The average molecular weight is 214 g/mol. The van der Waals surface area contributed by atoms with E-state index in [0.29, 0.717) is 5.41 Å². The lowest BCUT2D eigenvalue weighted by Gasteiger charge is -2.28. The van der Waals surface area contributed by atoms with Crippen molar-refractivity contribution in [3.8, 4) is 0 Å². The molecule has 0 fully saturated rings. The van der Waals surface area contributed by atoms with Gasteiger partial charge in [0.15, 0.2) is 0 Å². The second kappa shape index (κ2) is 7.39. The third kappa shape index (κ3) is 5.09. The average Bonchev–Trinajstić information content (AvgIpc) is 2.23. The zero-order chi connectivity index (χ0) is 11.0. The zero-order valence-corrected chi connectivity index (χ0v) is 11.1. The maximum Gasteiger partial charge on any atom is 0.00827 e. The molecule has 84 valence electrons. The summed E-state index contributed by atoms with van der Waals surface area (Å²) < 4.78 is 0. The Balaban J connectivity index is 4.29. The molecule has 0 saturated heterocycles. The van der Waals surface area contributed by atoms with Crippen LogP contribution in [-0.4, -0.2) is 5.75 Å². The Bertz CT molecular complexity index is 159. The Hall–Kier alpha value is 0.0900. The van der Waals surface area contributed by atoms with Crippen molar-refractivity contribution in [3.63, 3.8) is 0 Å². The summed E-state index contributed by atoms with van der Waals surface area (Å²) in [5.74, 6) is 1.74. The van der Waals surface area contributed by atoms with Gasteiger partial charge in [-0.2, -0.15) is 12.6 Å². The van der Waals surface area contributed by atoms with Crippen LogP contribution in [0.4, 0.5) is 0 Å². The van der Waals surface area contributed by atoms with Crippen molar-refractivity contribution < 1.29 is 0 Å². The monoisotopic (exact) mass is 214 g/mol. The highest BCUT2D eigenvalue weighted by molar-refractivity contribution is 7.80. The van der Waals surface area contributed by atoms with Crippen molar-refractivity contribution in [2.24, 2.45) is 11.3 Å². The molecule has 0 aromatic carbocycles. The normalized spacial score (nSPS) is 16.4. The molecule has 0 heterocycles. The fourth-order valence-corrected chi connectivity index (χ4v) is 2.01. The molecule has 0 spiro atoms. The highest BCUT2D eigenvalue weighted by atomic mass is 32.1. The van der Waals surface area contributed by atoms with Crippen molar-refractivity contribution in [1.82, 2.24) is 0 Å². The lowest BCUT2D eigenvalue weighted by molar-refractivity contribution is 0.284. The van der Waals surface area contributed by atoms with Crippen LogP contribution in [-0.2, 0) is 0 Å². The van der Waals surface area contributed by atoms with Gasteiger partial charge >= 0.3 is 0 Å². The number of rotatable bonds is 7. The van der Waals surface area contributed by atoms with Crippen molar-refractivity contribution >= 4 is 12.6 Å². The van der Waals surface area contributed by atoms with Gasteiger partial charge in [-0.3, -0.25) is 0 Å². The third-order valence-electron chi connectivity index (χ3n) is 3.34. The smallest absolute Gasteiger partial charge is 0.00827 e. The van der Waals surface area contributed by atoms with E-state index in [0.717, 1.165) is 11.7 Å². The van der Waals surface area contributed by atoms with E-state index in [4.69, 9.17) is 0 Å². The van der Waals surface area contributed by atoms with E-state index in [1.54, 1.807) is 0 Å². The topological polar surface area (TPSA) is 0 Å². The summed E-state index contributed by atoms with van der Waals surface area (Å²) in [7, 11) is 0. The second-order valence-electron chi connectivity index (χ2n) is 4.48. The molecule has 0 amide bonds. The van der Waals surface area contributed by atoms with Crippen LogP contribution in [0, 0.1) is 11.3 Å². The minimum Gasteiger partial charge on any atom is -0.175 e. The second-order valence-corrected chi connectivity index (χ2v) is 4.84. The van der Waals surface area contributed by atoms with Gasteiger partial charge in [-0.1, -0.05) is 52.7 Å². The SMILES string of the molecule is CCC(CC)CC(C)(/C=C\CS)CC. The van der Waals surface area contributed by atoms with Gasteiger partial charge in [-0.25, -0.2) is 0 Å². The van der Waals surface area contributed by atoms with Crippen LogP contribution in [0.25, 0.3) is 0 Å². The lowest BCUT2D eigenvalue weighted by Crippen LogP contribution is -2.17. The quantitative estimate of drug-likeness (QED) is 0.460. The van der Waals surface area contributed by atoms with Crippen LogP contribution >= 0.6 is 12.6 Å². The summed E-state index contributed by atoms with van der Waals surface area (Å²) >= 11 is 4.22. The molecular formula is C13H26S. The fourth-order valence-electron chi connectivity index (χ4n) is 1.90. The van der Waals surface area contributed by atoms with E-state index >= 15 is 0 Å². The van der Waals surface area contributed by atoms with Gasteiger partial charge in [-0.05, 0) is 24.2 Å². The minimum absolute atomic E-state index is 0.388. The number of thiol groups is 1. The molecule has 1 heteroatoms. The van der Waals surface area contributed by atoms with Gasteiger partial charge in [0.05, 0.1) is 0 Å². The predicted octanol–water partition coefficient (Wildman–Crippen LogP) is 4.72. The Kier molecular flexibility index (Phi) is 7.44. The maximum absolute atomic E-state index is 4.22. The predicted molar refractivity (Wildman–Crippen MR) is 70.1 cm³/mol. The Morgan fingerprint density at radius 2 is 1.79 bits per heavy atom. The highest BCUT2D eigenvalue weighted by Gasteiger charge is 2.21. The van der Waals surface area contributed by atoms with E-state index in [-0.39, 0.29) is 0 Å². The first-order valence-electron chi connectivity index (χ1n) is 5.90. The summed E-state index contributed by atoms with van der Waals surface area (Å²) in [5.41, 5.74) is 0.388. The van der Waals surface area contributed by atoms with Gasteiger partial charge in [0.25, 0.3) is 0 Å². The van der Waals surface area contributed by atoms with E-state index in [1.807, 2.05) is 0 Å². The molecule has 0 aliphatic rings. The van der Waals surface area contributed by atoms with Gasteiger partial charge in [0, 0.05) is 5.75 Å². The van der Waals surface area contributed by atoms with Gasteiger partial charge in [-0.15, -0.1) is 0 Å². The molecule has 0 aliphatic heterocycles. The first-order valence-corrected chi connectivity index (χ1v) is 6.53. The van der Waals surface area contributed by atoms with Crippen molar-refractivity contribution in [2.45, 2.75) is 53.4 Å². The standard InChI is InChI=1S/C13H26S/c1-5-12(6-2)11-13(4,7-3)9-8-10-14/h8-9,12,14H,5-7,10-11H2,1-4H3/b9-8-. The van der Waals surface area contributed by atoms with Gasteiger partial charge in [0.1, 0.15) is 0 Å². The summed E-state index contributed by atoms with van der Waals surface area (Å²) in [6.07, 6.45) is 9.71. The molecule has 0 aromatic heterocycles. The van der Waals surface area contributed by atoms with E-state index in [1.165, 1.54) is 25.7 Å². The van der Waals surface area contributed by atoms with E-state index in [2.05, 4.69) is 52.5 Å². The zero-order valence-electron chi connectivity index (χ0n) is 10.2.